The molecule has 0 saturated heterocycles. The predicted octanol–water partition coefficient (Wildman–Crippen LogP) is -0.345. The summed E-state index contributed by atoms with van der Waals surface area (Å²) in [6, 6.07) is -1.73. The highest BCUT2D eigenvalue weighted by atomic mass is 16.5. The minimum absolute atomic E-state index is 0.130. The van der Waals surface area contributed by atoms with E-state index in [0.29, 0.717) is 13.0 Å². The molecule has 10 heteroatoms. The van der Waals surface area contributed by atoms with Crippen LogP contribution in [0.15, 0.2) is 0 Å². The second-order valence-electron chi connectivity index (χ2n) is 8.68. The lowest BCUT2D eigenvalue weighted by atomic mass is 9.84. The molecule has 0 aromatic heterocycles. The highest BCUT2D eigenvalue weighted by Gasteiger charge is 2.36. The highest BCUT2D eigenvalue weighted by molar-refractivity contribution is 5.93. The molecule has 0 aromatic carbocycles. The van der Waals surface area contributed by atoms with E-state index in [0.717, 1.165) is 0 Å². The summed E-state index contributed by atoms with van der Waals surface area (Å²) in [6.07, 6.45) is 0.215. The van der Waals surface area contributed by atoms with E-state index >= 15 is 0 Å². The minimum atomic E-state index is -0.924. The van der Waals surface area contributed by atoms with Gasteiger partial charge in [-0.25, -0.2) is 5.48 Å². The van der Waals surface area contributed by atoms with Gasteiger partial charge in [-0.1, -0.05) is 34.6 Å². The maximum atomic E-state index is 12.8. The molecule has 0 aliphatic heterocycles. The lowest BCUT2D eigenvalue weighted by Gasteiger charge is -2.32. The zero-order valence-electron chi connectivity index (χ0n) is 18.3. The van der Waals surface area contributed by atoms with Crippen molar-refractivity contribution >= 4 is 23.6 Å². The molecule has 0 saturated carbocycles. The Balaban J connectivity index is 5.30. The van der Waals surface area contributed by atoms with Crippen LogP contribution in [0.4, 0.5) is 0 Å². The predicted molar refractivity (Wildman–Crippen MR) is 109 cm³/mol. The Bertz CT molecular complexity index is 574. The molecule has 1 unspecified atom stereocenters. The fourth-order valence-electron chi connectivity index (χ4n) is 2.77. The van der Waals surface area contributed by atoms with Gasteiger partial charge < -0.3 is 21.7 Å². The maximum Gasteiger partial charge on any atom is 0.244 e. The third-order valence-electron chi connectivity index (χ3n) is 4.29. The van der Waals surface area contributed by atoms with Crippen molar-refractivity contribution in [3.8, 4) is 0 Å². The Morgan fingerprint density at radius 2 is 1.55 bits per heavy atom. The molecule has 0 radical (unpaired) electrons. The fourth-order valence-corrected chi connectivity index (χ4v) is 2.77. The van der Waals surface area contributed by atoms with Gasteiger partial charge in [0.25, 0.3) is 0 Å². The second-order valence-corrected chi connectivity index (χ2v) is 8.68. The van der Waals surface area contributed by atoms with Crippen LogP contribution in [0.1, 0.15) is 54.4 Å². The summed E-state index contributed by atoms with van der Waals surface area (Å²) >= 11 is 0. The van der Waals surface area contributed by atoms with Crippen molar-refractivity contribution < 1.29 is 24.4 Å². The Labute approximate surface area is 172 Å². The number of nitrogens with two attached hydrogens (primary N) is 1. The maximum absolute atomic E-state index is 12.8. The zero-order valence-corrected chi connectivity index (χ0v) is 18.3. The van der Waals surface area contributed by atoms with Crippen LogP contribution >= 0.6 is 0 Å². The second kappa shape index (κ2) is 12.4. The van der Waals surface area contributed by atoms with Gasteiger partial charge >= 0.3 is 0 Å². The van der Waals surface area contributed by atoms with Gasteiger partial charge in [-0.3, -0.25) is 24.4 Å². The molecule has 4 amide bonds. The van der Waals surface area contributed by atoms with Crippen molar-refractivity contribution in [3.63, 3.8) is 0 Å². The molecule has 0 aliphatic carbocycles. The van der Waals surface area contributed by atoms with E-state index in [-0.39, 0.29) is 24.8 Å². The first kappa shape index (κ1) is 26.8. The molecule has 0 rings (SSSR count). The average molecular weight is 416 g/mol. The summed E-state index contributed by atoms with van der Waals surface area (Å²) in [5, 5.41) is 16.7. The van der Waals surface area contributed by atoms with Crippen molar-refractivity contribution in [2.45, 2.75) is 66.5 Å². The van der Waals surface area contributed by atoms with Gasteiger partial charge in [0.1, 0.15) is 12.1 Å². The van der Waals surface area contributed by atoms with E-state index in [4.69, 9.17) is 10.9 Å². The standard InChI is InChI=1S/C19H37N5O5/c1-11(2)9-13(10-14(25)24-29)17(27)23-15(19(4,5)6)18(28)22-12(3)16(26)21-8-7-20/h11-13,15,29H,7-10,20H2,1-6H3,(H,21,26)(H,22,28)(H,23,27)(H,24,25)/t12?,13-,15-/m1/s1. The van der Waals surface area contributed by atoms with Gasteiger partial charge in [-0.05, 0) is 24.7 Å². The van der Waals surface area contributed by atoms with E-state index in [1.165, 1.54) is 5.48 Å². The monoisotopic (exact) mass is 415 g/mol. The molecule has 3 atom stereocenters. The van der Waals surface area contributed by atoms with Crippen LogP contribution in [0.5, 0.6) is 0 Å². The molecule has 168 valence electrons. The van der Waals surface area contributed by atoms with E-state index in [1.54, 1.807) is 27.7 Å². The summed E-state index contributed by atoms with van der Waals surface area (Å²) in [7, 11) is 0. The van der Waals surface area contributed by atoms with Crippen LogP contribution in [0.2, 0.25) is 0 Å². The van der Waals surface area contributed by atoms with Crippen LogP contribution in [-0.2, 0) is 19.2 Å². The van der Waals surface area contributed by atoms with Crippen LogP contribution in [0.3, 0.4) is 0 Å². The van der Waals surface area contributed by atoms with Gasteiger partial charge in [-0.15, -0.1) is 0 Å². The minimum Gasteiger partial charge on any atom is -0.353 e. The van der Waals surface area contributed by atoms with Crippen molar-refractivity contribution in [1.82, 2.24) is 21.4 Å². The summed E-state index contributed by atoms with van der Waals surface area (Å²) in [6.45, 7) is 11.3. The lowest BCUT2D eigenvalue weighted by molar-refractivity contribution is -0.138. The van der Waals surface area contributed by atoms with E-state index < -0.39 is 41.1 Å². The molecule has 7 N–H and O–H groups in total. The summed E-state index contributed by atoms with van der Waals surface area (Å²) in [4.78, 5) is 49.1. The van der Waals surface area contributed by atoms with Gasteiger partial charge in [0.15, 0.2) is 0 Å². The molecule has 0 spiro atoms. The summed E-state index contributed by atoms with van der Waals surface area (Å²) in [5.41, 5.74) is 6.24. The molecule has 29 heavy (non-hydrogen) atoms. The lowest BCUT2D eigenvalue weighted by Crippen LogP contribution is -2.58. The van der Waals surface area contributed by atoms with Crippen LogP contribution in [0, 0.1) is 17.3 Å². The van der Waals surface area contributed by atoms with Gasteiger partial charge in [0, 0.05) is 25.4 Å². The number of amides is 4. The first-order chi connectivity index (χ1) is 13.3. The Morgan fingerprint density at radius 1 is 0.966 bits per heavy atom. The normalized spacial score (nSPS) is 14.5. The largest absolute Gasteiger partial charge is 0.353 e. The molecule has 0 aliphatic rings. The Hall–Kier alpha value is -2.20. The van der Waals surface area contributed by atoms with Gasteiger partial charge in [-0.2, -0.15) is 0 Å². The molecule has 0 bridgehead atoms. The number of hydrogen-bond donors (Lipinski definition) is 6. The first-order valence-electron chi connectivity index (χ1n) is 9.84. The average Bonchev–Trinajstić information content (AvgIpc) is 2.61. The third-order valence-corrected chi connectivity index (χ3v) is 4.29. The molecule has 10 nitrogen and oxygen atoms in total. The topological polar surface area (TPSA) is 163 Å². The SMILES string of the molecule is CC(C)C[C@H](CC(=O)NO)C(=O)N[C@H](C(=O)NC(C)C(=O)NCCN)C(C)(C)C. The smallest absolute Gasteiger partial charge is 0.244 e. The number of hydroxylamine groups is 1. The molecular formula is C19H37N5O5. The van der Waals surface area contributed by atoms with Gasteiger partial charge in [0.2, 0.25) is 23.6 Å². The van der Waals surface area contributed by atoms with E-state index in [2.05, 4.69) is 16.0 Å². The van der Waals surface area contributed by atoms with Crippen molar-refractivity contribution in [1.29, 1.82) is 0 Å². The van der Waals surface area contributed by atoms with Crippen molar-refractivity contribution in [3.05, 3.63) is 0 Å². The van der Waals surface area contributed by atoms with E-state index in [1.807, 2.05) is 13.8 Å². The molecule has 0 fully saturated rings. The highest BCUT2D eigenvalue weighted by Crippen LogP contribution is 2.22. The van der Waals surface area contributed by atoms with Crippen molar-refractivity contribution in [2.75, 3.05) is 13.1 Å². The number of carbonyl (C=O) groups is 4. The number of hydrogen-bond acceptors (Lipinski definition) is 6. The van der Waals surface area contributed by atoms with Crippen LogP contribution in [0.25, 0.3) is 0 Å². The first-order valence-corrected chi connectivity index (χ1v) is 9.84. The fraction of sp³-hybridized carbons (Fsp3) is 0.789. The molecule has 0 heterocycles. The van der Waals surface area contributed by atoms with Gasteiger partial charge in [0.05, 0.1) is 0 Å². The quantitative estimate of drug-likeness (QED) is 0.200. The number of rotatable bonds is 11. The zero-order chi connectivity index (χ0) is 22.8. The van der Waals surface area contributed by atoms with Crippen LogP contribution in [-0.4, -0.2) is 54.0 Å². The van der Waals surface area contributed by atoms with Crippen LogP contribution < -0.4 is 27.2 Å². The Morgan fingerprint density at radius 3 is 2.00 bits per heavy atom. The summed E-state index contributed by atoms with van der Waals surface area (Å²) in [5.74, 6) is -2.59. The number of nitrogens with one attached hydrogen (secondary N) is 4. The summed E-state index contributed by atoms with van der Waals surface area (Å²) < 4.78 is 0. The van der Waals surface area contributed by atoms with E-state index in [9.17, 15) is 19.2 Å². The molecular weight excluding hydrogens is 378 g/mol. The third kappa shape index (κ3) is 10.2. The Kier molecular flexibility index (Phi) is 11.4. The number of carbonyl (C=O) groups excluding carboxylic acids is 4. The molecule has 0 aromatic rings. The van der Waals surface area contributed by atoms with Crippen molar-refractivity contribution in [2.24, 2.45) is 23.0 Å².